The van der Waals surface area contributed by atoms with Crippen LogP contribution in [0.3, 0.4) is 0 Å². The zero-order valence-corrected chi connectivity index (χ0v) is 55.7. The minimum Gasteiger partial charge on any atom is -0.308 e. The quantitative estimate of drug-likeness (QED) is 0.166. The molecule has 0 bridgehead atoms. The van der Waals surface area contributed by atoms with E-state index in [2.05, 4.69) is 343 Å². The summed E-state index contributed by atoms with van der Waals surface area (Å²) in [5.74, 6) is 0. The van der Waals surface area contributed by atoms with Gasteiger partial charge in [-0.25, -0.2) is 0 Å². The van der Waals surface area contributed by atoms with Gasteiger partial charge in [-0.3, -0.25) is 0 Å². The van der Waals surface area contributed by atoms with Crippen LogP contribution in [-0.2, 0) is 16.2 Å². The Balaban J connectivity index is 0.000000129. The Labute approximate surface area is 571 Å². The highest BCUT2D eigenvalue weighted by Crippen LogP contribution is 2.62. The number of nitrogens with zero attached hydrogens (tertiary/aromatic N) is 1. The molecule has 460 valence electrons. The average molecular weight is 1250 g/mol. The SMILES string of the molecule is CC1(C)c2ccccc2-c2ccc(-c3c4c(c(-c5ccc6c(c5)C(C)(C)c5ccccc5-6)c5ccccc35)-c3cccc5cccc-4c35)cc21.CC1(C)c2ccccc2-c2ccc(-c3c4c(c(-n5c6ccccc6c6ccccc65)c5ccccc35)-c3cccc5cccc-4c35)cc21. The van der Waals surface area contributed by atoms with Gasteiger partial charge in [-0.2, -0.15) is 0 Å². The highest BCUT2D eigenvalue weighted by molar-refractivity contribution is 6.29. The van der Waals surface area contributed by atoms with Crippen LogP contribution in [0, 0.1) is 0 Å². The molecule has 1 nitrogen and oxygen atoms in total. The molecule has 17 aromatic rings. The van der Waals surface area contributed by atoms with E-state index in [9.17, 15) is 0 Å². The topological polar surface area (TPSA) is 4.93 Å². The second-order valence-electron chi connectivity index (χ2n) is 29.6. The molecule has 0 saturated carbocycles. The van der Waals surface area contributed by atoms with E-state index in [0.717, 1.165) is 0 Å². The van der Waals surface area contributed by atoms with Crippen molar-refractivity contribution in [3.63, 3.8) is 0 Å². The summed E-state index contributed by atoms with van der Waals surface area (Å²) in [5.41, 5.74) is 38.7. The zero-order valence-electron chi connectivity index (χ0n) is 55.7. The van der Waals surface area contributed by atoms with Gasteiger partial charge in [-0.15, -0.1) is 0 Å². The predicted molar refractivity (Wildman–Crippen MR) is 415 cm³/mol. The van der Waals surface area contributed by atoms with Gasteiger partial charge in [-0.1, -0.05) is 308 Å². The van der Waals surface area contributed by atoms with E-state index in [-0.39, 0.29) is 16.2 Å². The van der Waals surface area contributed by atoms with Crippen molar-refractivity contribution in [2.24, 2.45) is 0 Å². The monoisotopic (exact) mass is 1250 g/mol. The predicted octanol–water partition coefficient (Wildman–Crippen LogP) is 26.3. The molecule has 0 radical (unpaired) electrons. The second kappa shape index (κ2) is 19.8. The summed E-state index contributed by atoms with van der Waals surface area (Å²) < 4.78 is 2.54. The normalized spacial score (nSPS) is 14.5. The standard InChI is InChI=1S/C50H36.C47H31N/c1-49(2)40-21-9-7-15-32(40)34-25-23-30(27-42(34)49)45-36-17-5-6-18-37(36)46(48-39-20-12-14-29-13-11-19-38(44(29)39)47(45)48)31-24-26-35-33-16-8-10-22-41(33)50(3,4)43(35)28-31;1-47(2)38-22-8-5-15-30(38)31-26-25-29(27-39(31)47)43-34-18-3-4-19-35(34)46(45-37-21-12-14-28-13-11-20-36(42(28)37)44(43)45)48-40-23-9-6-16-32(40)33-17-7-10-24-41(33)48/h5-28H,1-4H3;3-27H,1-2H3. The summed E-state index contributed by atoms with van der Waals surface area (Å²) in [7, 11) is 0. The fraction of sp³-hybridized carbons (Fsp3) is 0.0928. The Kier molecular flexibility index (Phi) is 11.2. The van der Waals surface area contributed by atoms with Crippen molar-refractivity contribution in [1.29, 1.82) is 0 Å². The first-order valence-electron chi connectivity index (χ1n) is 34.9. The van der Waals surface area contributed by atoms with E-state index in [1.807, 2.05) is 0 Å². The fourth-order valence-electron chi connectivity index (χ4n) is 19.3. The number of fused-ring (bicyclic) bond motifs is 20. The smallest absolute Gasteiger partial charge is 0.0625 e. The minimum absolute atomic E-state index is 0.0708. The van der Waals surface area contributed by atoms with Crippen LogP contribution in [0.1, 0.15) is 74.9 Å². The maximum absolute atomic E-state index is 2.54. The Hall–Kier alpha value is -11.6. The molecule has 0 atom stereocenters. The minimum atomic E-state index is -0.0766. The summed E-state index contributed by atoms with van der Waals surface area (Å²) in [6, 6.07) is 112. The van der Waals surface area contributed by atoms with Crippen LogP contribution in [0.15, 0.2) is 297 Å². The summed E-state index contributed by atoms with van der Waals surface area (Å²) >= 11 is 0. The highest BCUT2D eigenvalue weighted by atomic mass is 15.0. The molecule has 0 N–H and O–H groups in total. The van der Waals surface area contributed by atoms with Crippen molar-refractivity contribution >= 4 is 64.9 Å². The number of rotatable bonds is 4. The molecular formula is C97H67N. The van der Waals surface area contributed by atoms with Gasteiger partial charge in [0.2, 0.25) is 0 Å². The first kappa shape index (κ1) is 55.6. The second-order valence-corrected chi connectivity index (χ2v) is 29.6. The molecule has 1 heteroatoms. The average Bonchev–Trinajstić information content (AvgIpc) is 1.50. The number of hydrogen-bond donors (Lipinski definition) is 0. The molecule has 0 amide bonds. The van der Waals surface area contributed by atoms with Gasteiger partial charge in [0.05, 0.1) is 16.7 Å². The third kappa shape index (κ3) is 7.25. The van der Waals surface area contributed by atoms with Crippen molar-refractivity contribution < 1.29 is 0 Å². The lowest BCUT2D eigenvalue weighted by Crippen LogP contribution is -2.15. The van der Waals surface area contributed by atoms with Crippen LogP contribution in [0.5, 0.6) is 0 Å². The van der Waals surface area contributed by atoms with Crippen molar-refractivity contribution in [1.82, 2.24) is 4.57 Å². The lowest BCUT2D eigenvalue weighted by Gasteiger charge is -2.25. The van der Waals surface area contributed by atoms with Crippen molar-refractivity contribution in [3.8, 4) is 117 Å². The molecule has 98 heavy (non-hydrogen) atoms. The Morgan fingerprint density at radius 2 is 0.480 bits per heavy atom. The number of aromatic nitrogens is 1. The number of benzene rings is 16. The molecule has 5 aliphatic rings. The Bertz CT molecular complexity index is 6200. The molecule has 0 saturated heterocycles. The molecule has 1 heterocycles. The largest absolute Gasteiger partial charge is 0.308 e. The summed E-state index contributed by atoms with van der Waals surface area (Å²) in [6.07, 6.45) is 0. The van der Waals surface area contributed by atoms with Gasteiger partial charge in [-0.05, 0) is 202 Å². The van der Waals surface area contributed by atoms with Crippen LogP contribution >= 0.6 is 0 Å². The van der Waals surface area contributed by atoms with Crippen LogP contribution in [0.2, 0.25) is 0 Å². The summed E-state index contributed by atoms with van der Waals surface area (Å²) in [5, 5.41) is 13.0. The molecule has 0 aliphatic heterocycles. The van der Waals surface area contributed by atoms with E-state index >= 15 is 0 Å². The fourth-order valence-corrected chi connectivity index (χ4v) is 19.3. The Morgan fingerprint density at radius 3 is 0.857 bits per heavy atom. The molecule has 22 rings (SSSR count). The maximum atomic E-state index is 2.54. The van der Waals surface area contributed by atoms with E-state index in [0.29, 0.717) is 0 Å². The summed E-state index contributed by atoms with van der Waals surface area (Å²) in [6.45, 7) is 14.3. The van der Waals surface area contributed by atoms with Crippen LogP contribution in [0.4, 0.5) is 0 Å². The van der Waals surface area contributed by atoms with E-state index in [4.69, 9.17) is 0 Å². The molecule has 16 aromatic carbocycles. The first-order valence-corrected chi connectivity index (χ1v) is 34.9. The van der Waals surface area contributed by atoms with Gasteiger partial charge in [0.1, 0.15) is 0 Å². The lowest BCUT2D eigenvalue weighted by molar-refractivity contribution is 0.660. The van der Waals surface area contributed by atoms with Crippen molar-refractivity contribution in [3.05, 3.63) is 331 Å². The van der Waals surface area contributed by atoms with Crippen LogP contribution < -0.4 is 0 Å². The number of para-hydroxylation sites is 2. The van der Waals surface area contributed by atoms with Gasteiger partial charge < -0.3 is 4.57 Å². The van der Waals surface area contributed by atoms with E-state index < -0.39 is 0 Å². The van der Waals surface area contributed by atoms with Gasteiger partial charge in [0, 0.05) is 43.5 Å². The first-order chi connectivity index (χ1) is 47.9. The van der Waals surface area contributed by atoms with Gasteiger partial charge >= 0.3 is 0 Å². The van der Waals surface area contributed by atoms with E-state index in [1.165, 1.54) is 215 Å². The van der Waals surface area contributed by atoms with Crippen molar-refractivity contribution in [2.75, 3.05) is 0 Å². The molecule has 5 aliphatic carbocycles. The van der Waals surface area contributed by atoms with Crippen LogP contribution in [-0.4, -0.2) is 4.57 Å². The third-order valence-electron chi connectivity index (χ3n) is 23.7. The third-order valence-corrected chi connectivity index (χ3v) is 23.7. The van der Waals surface area contributed by atoms with Crippen LogP contribution in [0.25, 0.3) is 182 Å². The summed E-state index contributed by atoms with van der Waals surface area (Å²) in [4.78, 5) is 0. The molecule has 0 fully saturated rings. The lowest BCUT2D eigenvalue weighted by atomic mass is 9.78. The van der Waals surface area contributed by atoms with Gasteiger partial charge in [0.15, 0.2) is 0 Å². The number of hydrogen-bond acceptors (Lipinski definition) is 0. The molecule has 0 unspecified atom stereocenters. The van der Waals surface area contributed by atoms with E-state index in [1.54, 1.807) is 0 Å². The molecule has 0 spiro atoms. The molecule has 1 aromatic heterocycles. The Morgan fingerprint density at radius 1 is 0.204 bits per heavy atom. The van der Waals surface area contributed by atoms with Crippen molar-refractivity contribution in [2.45, 2.75) is 57.8 Å². The van der Waals surface area contributed by atoms with Gasteiger partial charge in [0.25, 0.3) is 0 Å². The molecular weight excluding hydrogens is 1180 g/mol. The highest BCUT2D eigenvalue weighted by Gasteiger charge is 2.41. The maximum Gasteiger partial charge on any atom is 0.0625 e. The zero-order chi connectivity index (χ0) is 65.2.